The van der Waals surface area contributed by atoms with E-state index >= 15 is 0 Å². The van der Waals surface area contributed by atoms with Crippen molar-refractivity contribution in [3.8, 4) is 0 Å². The van der Waals surface area contributed by atoms with E-state index in [0.717, 1.165) is 24.8 Å². The minimum atomic E-state index is 0.787. The van der Waals surface area contributed by atoms with Crippen molar-refractivity contribution < 1.29 is 0 Å². The van der Waals surface area contributed by atoms with E-state index in [-0.39, 0.29) is 0 Å². The number of anilines is 1. The molecule has 0 bridgehead atoms. The predicted octanol–water partition coefficient (Wildman–Crippen LogP) is 2.91. The molecule has 1 aromatic heterocycles. The minimum Gasteiger partial charge on any atom is -0.348 e. The van der Waals surface area contributed by atoms with Crippen LogP contribution in [0.1, 0.15) is 37.8 Å². The van der Waals surface area contributed by atoms with Gasteiger partial charge in [0.1, 0.15) is 0 Å². The normalized spacial score (nSPS) is 24.6. The summed E-state index contributed by atoms with van der Waals surface area (Å²) in [4.78, 5) is 8.74. The molecular weight excluding hydrogens is 242 g/mol. The second kappa shape index (κ2) is 6.02. The maximum Gasteiger partial charge on any atom is 0.185 e. The Balaban J connectivity index is 2.17. The highest BCUT2D eigenvalue weighted by Gasteiger charge is 2.24. The summed E-state index contributed by atoms with van der Waals surface area (Å²) in [5, 5.41) is 4.48. The highest BCUT2D eigenvalue weighted by atomic mass is 32.1. The molecule has 1 aliphatic heterocycles. The van der Waals surface area contributed by atoms with Crippen LogP contribution in [0.25, 0.3) is 0 Å². The Hall–Kier alpha value is -0.610. The molecule has 3 nitrogen and oxygen atoms in total. The van der Waals surface area contributed by atoms with Crippen LogP contribution in [-0.4, -0.2) is 25.1 Å². The molecule has 4 heteroatoms. The highest BCUT2D eigenvalue weighted by molar-refractivity contribution is 7.15. The van der Waals surface area contributed by atoms with E-state index < -0.39 is 0 Å². The van der Waals surface area contributed by atoms with Gasteiger partial charge in [-0.25, -0.2) is 4.98 Å². The van der Waals surface area contributed by atoms with Crippen LogP contribution in [0.2, 0.25) is 0 Å². The Morgan fingerprint density at radius 1 is 1.33 bits per heavy atom. The number of thiazole rings is 1. The molecule has 1 saturated heterocycles. The fraction of sp³-hybridized carbons (Fsp3) is 0.786. The molecule has 2 heterocycles. The Labute approximate surface area is 115 Å². The zero-order chi connectivity index (χ0) is 13.1. The van der Waals surface area contributed by atoms with E-state index in [1.54, 1.807) is 0 Å². The van der Waals surface area contributed by atoms with Crippen molar-refractivity contribution in [2.24, 2.45) is 11.8 Å². The van der Waals surface area contributed by atoms with Crippen LogP contribution in [0, 0.1) is 11.8 Å². The standard InChI is InChI=1S/C14H25N3S/c1-5-12-13(7-15-4)18-14(16-12)17-8-10(2)6-11(3)9-17/h10-11,15H,5-9H2,1-4H3. The van der Waals surface area contributed by atoms with Gasteiger partial charge in [-0.3, -0.25) is 0 Å². The molecule has 0 amide bonds. The van der Waals surface area contributed by atoms with Crippen LogP contribution >= 0.6 is 11.3 Å². The van der Waals surface area contributed by atoms with Crippen molar-refractivity contribution in [2.75, 3.05) is 25.0 Å². The number of piperidine rings is 1. The molecule has 102 valence electrons. The van der Waals surface area contributed by atoms with Crippen LogP contribution in [0.15, 0.2) is 0 Å². The summed E-state index contributed by atoms with van der Waals surface area (Å²) >= 11 is 1.87. The first kappa shape index (κ1) is 13.8. The largest absolute Gasteiger partial charge is 0.348 e. The van der Waals surface area contributed by atoms with Crippen molar-refractivity contribution in [3.63, 3.8) is 0 Å². The van der Waals surface area contributed by atoms with Gasteiger partial charge in [-0.15, -0.1) is 11.3 Å². The summed E-state index contributed by atoms with van der Waals surface area (Å²) in [6.07, 6.45) is 2.39. The molecule has 0 aromatic carbocycles. The fourth-order valence-electron chi connectivity index (χ4n) is 2.90. The Morgan fingerprint density at radius 2 is 2.00 bits per heavy atom. The second-order valence-electron chi connectivity index (χ2n) is 5.60. The van der Waals surface area contributed by atoms with Crippen molar-refractivity contribution >= 4 is 16.5 Å². The van der Waals surface area contributed by atoms with Crippen molar-refractivity contribution in [3.05, 3.63) is 10.6 Å². The van der Waals surface area contributed by atoms with Gasteiger partial charge in [-0.05, 0) is 31.7 Å². The van der Waals surface area contributed by atoms with Crippen LogP contribution < -0.4 is 10.2 Å². The van der Waals surface area contributed by atoms with Gasteiger partial charge in [0, 0.05) is 24.5 Å². The molecule has 1 aromatic rings. The smallest absolute Gasteiger partial charge is 0.185 e. The van der Waals surface area contributed by atoms with E-state index in [1.165, 1.54) is 35.2 Å². The molecular formula is C14H25N3S. The summed E-state index contributed by atoms with van der Waals surface area (Å²) in [5.74, 6) is 1.57. The lowest BCUT2D eigenvalue weighted by Crippen LogP contribution is -2.38. The fourth-order valence-corrected chi connectivity index (χ4v) is 4.08. The molecule has 2 rings (SSSR count). The lowest BCUT2D eigenvalue weighted by Gasteiger charge is -2.34. The molecule has 2 atom stereocenters. The quantitative estimate of drug-likeness (QED) is 0.909. The average molecular weight is 267 g/mol. The molecule has 0 saturated carbocycles. The Bertz CT molecular complexity index is 378. The maximum absolute atomic E-state index is 4.84. The topological polar surface area (TPSA) is 28.2 Å². The zero-order valence-electron chi connectivity index (χ0n) is 12.0. The van der Waals surface area contributed by atoms with Crippen LogP contribution in [0.5, 0.6) is 0 Å². The third-order valence-electron chi connectivity index (χ3n) is 3.58. The average Bonchev–Trinajstić information content (AvgIpc) is 2.71. The van der Waals surface area contributed by atoms with Crippen LogP contribution in [0.3, 0.4) is 0 Å². The molecule has 1 N–H and O–H groups in total. The van der Waals surface area contributed by atoms with Crippen molar-refractivity contribution in [2.45, 2.75) is 40.2 Å². The first-order valence-electron chi connectivity index (χ1n) is 7.02. The summed E-state index contributed by atoms with van der Waals surface area (Å²) in [7, 11) is 2.00. The Morgan fingerprint density at radius 3 is 2.56 bits per heavy atom. The van der Waals surface area contributed by atoms with Crippen LogP contribution in [0.4, 0.5) is 5.13 Å². The van der Waals surface area contributed by atoms with Gasteiger partial charge in [0.25, 0.3) is 0 Å². The number of aromatic nitrogens is 1. The lowest BCUT2D eigenvalue weighted by atomic mass is 9.92. The van der Waals surface area contributed by atoms with Gasteiger partial charge in [0.15, 0.2) is 5.13 Å². The predicted molar refractivity (Wildman–Crippen MR) is 79.4 cm³/mol. The van der Waals surface area contributed by atoms with E-state index in [0.29, 0.717) is 0 Å². The SMILES string of the molecule is CCc1nc(N2CC(C)CC(C)C2)sc1CNC. The highest BCUT2D eigenvalue weighted by Crippen LogP contribution is 2.31. The van der Waals surface area contributed by atoms with Crippen molar-refractivity contribution in [1.29, 1.82) is 0 Å². The number of nitrogens with one attached hydrogen (secondary N) is 1. The Kier molecular flexibility index (Phi) is 4.62. The minimum absolute atomic E-state index is 0.787. The van der Waals surface area contributed by atoms with Gasteiger partial charge < -0.3 is 10.2 Å². The molecule has 18 heavy (non-hydrogen) atoms. The van der Waals surface area contributed by atoms with E-state index in [4.69, 9.17) is 4.98 Å². The van der Waals surface area contributed by atoms with Gasteiger partial charge in [-0.1, -0.05) is 20.8 Å². The van der Waals surface area contributed by atoms with E-state index in [1.807, 2.05) is 18.4 Å². The van der Waals surface area contributed by atoms with Gasteiger partial charge in [0.2, 0.25) is 0 Å². The maximum atomic E-state index is 4.84. The van der Waals surface area contributed by atoms with E-state index in [9.17, 15) is 0 Å². The number of nitrogens with zero attached hydrogens (tertiary/aromatic N) is 2. The first-order valence-corrected chi connectivity index (χ1v) is 7.83. The number of hydrogen-bond acceptors (Lipinski definition) is 4. The molecule has 1 aliphatic rings. The van der Waals surface area contributed by atoms with Crippen LogP contribution in [-0.2, 0) is 13.0 Å². The summed E-state index contributed by atoms with van der Waals surface area (Å²) in [5.41, 5.74) is 1.27. The summed E-state index contributed by atoms with van der Waals surface area (Å²) in [6.45, 7) is 10.2. The third kappa shape index (κ3) is 3.04. The molecule has 0 spiro atoms. The van der Waals surface area contributed by atoms with E-state index in [2.05, 4.69) is 31.0 Å². The van der Waals surface area contributed by atoms with Gasteiger partial charge in [-0.2, -0.15) is 0 Å². The van der Waals surface area contributed by atoms with Gasteiger partial charge in [0.05, 0.1) is 5.69 Å². The first-order chi connectivity index (χ1) is 8.63. The molecule has 1 fully saturated rings. The number of hydrogen-bond donors (Lipinski definition) is 1. The molecule has 0 aliphatic carbocycles. The van der Waals surface area contributed by atoms with Gasteiger partial charge >= 0.3 is 0 Å². The summed E-state index contributed by atoms with van der Waals surface area (Å²) in [6, 6.07) is 0. The van der Waals surface area contributed by atoms with Crippen molar-refractivity contribution in [1.82, 2.24) is 10.3 Å². The number of rotatable bonds is 4. The molecule has 2 unspecified atom stereocenters. The number of aryl methyl sites for hydroxylation is 1. The second-order valence-corrected chi connectivity index (χ2v) is 6.66. The monoisotopic (exact) mass is 267 g/mol. The zero-order valence-corrected chi connectivity index (χ0v) is 12.8. The molecule has 0 radical (unpaired) electrons. The lowest BCUT2D eigenvalue weighted by molar-refractivity contribution is 0.356. The summed E-state index contributed by atoms with van der Waals surface area (Å²) < 4.78 is 0. The third-order valence-corrected chi connectivity index (χ3v) is 4.74.